The van der Waals surface area contributed by atoms with Crippen molar-refractivity contribution in [1.82, 2.24) is 10.2 Å². The summed E-state index contributed by atoms with van der Waals surface area (Å²) in [6.07, 6.45) is 1.66. The molecule has 130 valence electrons. The highest BCUT2D eigenvalue weighted by atomic mass is 19.2. The molecule has 1 aliphatic rings. The van der Waals surface area contributed by atoms with Crippen molar-refractivity contribution in [3.8, 4) is 0 Å². The topological polar surface area (TPSA) is 58.6 Å². The molecule has 0 radical (unpaired) electrons. The SMILES string of the molecule is CCCCN1C(=O)N[C@@H](c2ccc(F)c(F)c2)C(C(=O)OC)=C1C. The molecule has 1 aromatic rings. The van der Waals surface area contributed by atoms with Gasteiger partial charge in [-0.2, -0.15) is 0 Å². The van der Waals surface area contributed by atoms with Crippen molar-refractivity contribution in [3.63, 3.8) is 0 Å². The summed E-state index contributed by atoms with van der Waals surface area (Å²) >= 11 is 0. The third-order valence-electron chi connectivity index (χ3n) is 4.01. The number of nitrogens with one attached hydrogen (secondary N) is 1. The molecule has 0 fully saturated rings. The quantitative estimate of drug-likeness (QED) is 0.838. The molecule has 2 rings (SSSR count). The van der Waals surface area contributed by atoms with E-state index in [1.807, 2.05) is 6.92 Å². The summed E-state index contributed by atoms with van der Waals surface area (Å²) in [5.41, 5.74) is 0.935. The standard InChI is InChI=1S/C17H20F2N2O3/c1-4-5-8-21-10(2)14(16(22)24-3)15(20-17(21)23)11-6-7-12(18)13(19)9-11/h6-7,9,15H,4-5,8H2,1-3H3,(H,20,23)/t15-/m0/s1. The summed E-state index contributed by atoms with van der Waals surface area (Å²) in [5, 5.41) is 2.67. The van der Waals surface area contributed by atoms with Crippen molar-refractivity contribution in [2.24, 2.45) is 0 Å². The van der Waals surface area contributed by atoms with Gasteiger partial charge in [-0.25, -0.2) is 18.4 Å². The number of carbonyl (C=O) groups is 2. The van der Waals surface area contributed by atoms with E-state index in [1.54, 1.807) is 6.92 Å². The predicted octanol–water partition coefficient (Wildman–Crippen LogP) is 3.28. The molecule has 0 aromatic heterocycles. The molecule has 1 aliphatic heterocycles. The number of halogens is 2. The normalized spacial score (nSPS) is 17.8. The average molecular weight is 338 g/mol. The molecule has 0 saturated heterocycles. The van der Waals surface area contributed by atoms with Gasteiger partial charge in [0.25, 0.3) is 0 Å². The highest BCUT2D eigenvalue weighted by Crippen LogP contribution is 2.32. The fourth-order valence-electron chi connectivity index (χ4n) is 2.68. The lowest BCUT2D eigenvalue weighted by Crippen LogP contribution is -2.48. The molecule has 24 heavy (non-hydrogen) atoms. The maximum atomic E-state index is 13.6. The van der Waals surface area contributed by atoms with Gasteiger partial charge < -0.3 is 10.1 Å². The molecule has 1 heterocycles. The summed E-state index contributed by atoms with van der Waals surface area (Å²) in [6.45, 7) is 4.10. The Morgan fingerprint density at radius 1 is 1.33 bits per heavy atom. The lowest BCUT2D eigenvalue weighted by atomic mass is 9.94. The van der Waals surface area contributed by atoms with Crippen LogP contribution >= 0.6 is 0 Å². The zero-order valence-electron chi connectivity index (χ0n) is 13.9. The zero-order valence-corrected chi connectivity index (χ0v) is 13.9. The number of rotatable bonds is 5. The van der Waals surface area contributed by atoms with Crippen LogP contribution in [0.25, 0.3) is 0 Å². The molecule has 0 spiro atoms. The second-order valence-electron chi connectivity index (χ2n) is 5.55. The van der Waals surface area contributed by atoms with Crippen molar-refractivity contribution < 1.29 is 23.1 Å². The first-order valence-electron chi connectivity index (χ1n) is 7.72. The summed E-state index contributed by atoms with van der Waals surface area (Å²) in [7, 11) is 1.23. The van der Waals surface area contributed by atoms with Gasteiger partial charge in [0.05, 0.1) is 18.7 Å². The highest BCUT2D eigenvalue weighted by molar-refractivity contribution is 5.94. The molecular weight excluding hydrogens is 318 g/mol. The van der Waals surface area contributed by atoms with E-state index in [9.17, 15) is 18.4 Å². The summed E-state index contributed by atoms with van der Waals surface area (Å²) in [4.78, 5) is 26.0. The number of benzene rings is 1. The molecule has 1 aromatic carbocycles. The molecule has 0 saturated carbocycles. The molecule has 0 bridgehead atoms. The minimum Gasteiger partial charge on any atom is -0.466 e. The molecular formula is C17H20F2N2O3. The van der Waals surface area contributed by atoms with E-state index in [-0.39, 0.29) is 17.2 Å². The minimum atomic E-state index is -1.04. The maximum absolute atomic E-state index is 13.6. The van der Waals surface area contributed by atoms with Crippen LogP contribution in [0.5, 0.6) is 0 Å². The van der Waals surface area contributed by atoms with Crippen LogP contribution in [-0.2, 0) is 9.53 Å². The number of esters is 1. The second-order valence-corrected chi connectivity index (χ2v) is 5.55. The van der Waals surface area contributed by atoms with Crippen molar-refractivity contribution in [2.75, 3.05) is 13.7 Å². The number of unbranched alkanes of at least 4 members (excludes halogenated alkanes) is 1. The van der Waals surface area contributed by atoms with E-state index in [0.717, 1.165) is 25.0 Å². The van der Waals surface area contributed by atoms with Gasteiger partial charge in [0.1, 0.15) is 0 Å². The largest absolute Gasteiger partial charge is 0.466 e. The molecule has 0 unspecified atom stereocenters. The summed E-state index contributed by atoms with van der Waals surface area (Å²) in [5.74, 6) is -2.66. The van der Waals surface area contributed by atoms with Crippen LogP contribution in [-0.4, -0.2) is 30.6 Å². The number of methoxy groups -OCH3 is 1. The Morgan fingerprint density at radius 3 is 2.62 bits per heavy atom. The summed E-state index contributed by atoms with van der Waals surface area (Å²) < 4.78 is 31.5. The number of hydrogen-bond acceptors (Lipinski definition) is 3. The van der Waals surface area contributed by atoms with Crippen molar-refractivity contribution in [2.45, 2.75) is 32.7 Å². The number of hydrogen-bond donors (Lipinski definition) is 1. The van der Waals surface area contributed by atoms with Crippen LogP contribution in [0.1, 0.15) is 38.3 Å². The monoisotopic (exact) mass is 338 g/mol. The Bertz CT molecular complexity index is 688. The number of nitrogens with zero attached hydrogens (tertiary/aromatic N) is 1. The fraction of sp³-hybridized carbons (Fsp3) is 0.412. The van der Waals surface area contributed by atoms with Crippen molar-refractivity contribution >= 4 is 12.0 Å². The number of carbonyl (C=O) groups excluding carboxylic acids is 2. The Morgan fingerprint density at radius 2 is 2.04 bits per heavy atom. The highest BCUT2D eigenvalue weighted by Gasteiger charge is 2.36. The van der Waals surface area contributed by atoms with E-state index in [1.165, 1.54) is 18.1 Å². The van der Waals surface area contributed by atoms with Gasteiger partial charge in [0, 0.05) is 12.2 Å². The zero-order chi connectivity index (χ0) is 17.9. The van der Waals surface area contributed by atoms with Crippen LogP contribution in [0.2, 0.25) is 0 Å². The first-order chi connectivity index (χ1) is 11.4. The van der Waals surface area contributed by atoms with Crippen LogP contribution in [0, 0.1) is 11.6 Å². The van der Waals surface area contributed by atoms with E-state index in [0.29, 0.717) is 12.2 Å². The third-order valence-corrected chi connectivity index (χ3v) is 4.01. The van der Waals surface area contributed by atoms with Gasteiger partial charge in [-0.3, -0.25) is 4.90 Å². The molecule has 0 aliphatic carbocycles. The fourth-order valence-corrected chi connectivity index (χ4v) is 2.68. The molecule has 7 heteroatoms. The van der Waals surface area contributed by atoms with Crippen LogP contribution in [0.4, 0.5) is 13.6 Å². The van der Waals surface area contributed by atoms with E-state index >= 15 is 0 Å². The first kappa shape index (κ1) is 17.9. The Labute approximate surface area is 139 Å². The number of amides is 2. The van der Waals surface area contributed by atoms with Crippen molar-refractivity contribution in [3.05, 3.63) is 46.7 Å². The Hall–Kier alpha value is -2.44. The van der Waals surface area contributed by atoms with Crippen molar-refractivity contribution in [1.29, 1.82) is 0 Å². The number of ether oxygens (including phenoxy) is 1. The van der Waals surface area contributed by atoms with Crippen LogP contribution in [0.15, 0.2) is 29.5 Å². The number of urea groups is 1. The molecule has 5 nitrogen and oxygen atoms in total. The average Bonchev–Trinajstić information content (AvgIpc) is 2.56. The third kappa shape index (κ3) is 3.39. The smallest absolute Gasteiger partial charge is 0.337 e. The van der Waals surface area contributed by atoms with Gasteiger partial charge in [0.15, 0.2) is 11.6 Å². The predicted molar refractivity (Wildman–Crippen MR) is 84.0 cm³/mol. The van der Waals surface area contributed by atoms with Gasteiger partial charge in [0.2, 0.25) is 0 Å². The minimum absolute atomic E-state index is 0.208. The maximum Gasteiger partial charge on any atom is 0.337 e. The molecule has 2 amide bonds. The van der Waals surface area contributed by atoms with Gasteiger partial charge in [-0.05, 0) is 31.0 Å². The Kier molecular flexibility index (Phi) is 5.54. The molecule has 1 atom stereocenters. The Balaban J connectivity index is 2.50. The van der Waals surface area contributed by atoms with E-state index < -0.39 is 23.6 Å². The second kappa shape index (κ2) is 7.42. The molecule has 1 N–H and O–H groups in total. The van der Waals surface area contributed by atoms with Crippen LogP contribution < -0.4 is 5.32 Å². The van der Waals surface area contributed by atoms with Gasteiger partial charge in [-0.15, -0.1) is 0 Å². The van der Waals surface area contributed by atoms with Gasteiger partial charge in [-0.1, -0.05) is 19.4 Å². The van der Waals surface area contributed by atoms with E-state index in [2.05, 4.69) is 5.32 Å². The van der Waals surface area contributed by atoms with Crippen LogP contribution in [0.3, 0.4) is 0 Å². The first-order valence-corrected chi connectivity index (χ1v) is 7.72. The lowest BCUT2D eigenvalue weighted by Gasteiger charge is -2.35. The number of allylic oxidation sites excluding steroid dienone is 1. The van der Waals surface area contributed by atoms with Gasteiger partial charge >= 0.3 is 12.0 Å². The lowest BCUT2D eigenvalue weighted by molar-refractivity contribution is -0.136. The van der Waals surface area contributed by atoms with E-state index in [4.69, 9.17) is 4.74 Å². The summed E-state index contributed by atoms with van der Waals surface area (Å²) in [6, 6.07) is 1.99.